The topological polar surface area (TPSA) is 76.8 Å². The van der Waals surface area contributed by atoms with Gasteiger partial charge in [-0.05, 0) is 26.8 Å². The number of hydroxylamine groups is 2. The molecule has 1 amide bonds. The monoisotopic (exact) mass is 269 g/mol. The Morgan fingerprint density at radius 3 is 2.79 bits per heavy atom. The Morgan fingerprint density at radius 1 is 1.58 bits per heavy atom. The first-order valence-corrected chi connectivity index (χ1v) is 6.13. The van der Waals surface area contributed by atoms with Gasteiger partial charge in [0, 0.05) is 19.7 Å². The number of aliphatic hydroxyl groups excluding tert-OH is 1. The van der Waals surface area contributed by atoms with Crippen molar-refractivity contribution in [3.8, 4) is 0 Å². The van der Waals surface area contributed by atoms with Crippen molar-refractivity contribution >= 4 is 6.09 Å². The van der Waals surface area contributed by atoms with Gasteiger partial charge in [-0.1, -0.05) is 0 Å². The molecule has 1 aliphatic heterocycles. The Morgan fingerprint density at radius 2 is 2.26 bits per heavy atom. The average Bonchev–Trinajstić information content (AvgIpc) is 2.81. The molecule has 1 saturated heterocycles. The van der Waals surface area contributed by atoms with Crippen LogP contribution in [0, 0.1) is 0 Å². The van der Waals surface area contributed by atoms with Crippen LogP contribution in [0.4, 0.5) is 4.79 Å². The Bertz CT molecular complexity index is 466. The van der Waals surface area contributed by atoms with Crippen LogP contribution >= 0.6 is 0 Å². The fraction of sp³-hybridized carbons (Fsp3) is 0.667. The SMILES string of the molecule is Cn1ccc(C2CC(O)ON2C(=O)OC(C)(C)C)n1. The second-order valence-electron chi connectivity index (χ2n) is 5.53. The van der Waals surface area contributed by atoms with Crippen LogP contribution in [-0.4, -0.2) is 37.9 Å². The van der Waals surface area contributed by atoms with Crippen molar-refractivity contribution in [1.29, 1.82) is 0 Å². The quantitative estimate of drug-likeness (QED) is 0.832. The highest BCUT2D eigenvalue weighted by molar-refractivity contribution is 5.67. The van der Waals surface area contributed by atoms with Gasteiger partial charge in [-0.25, -0.2) is 9.63 Å². The molecule has 7 heteroatoms. The molecule has 2 heterocycles. The van der Waals surface area contributed by atoms with E-state index in [1.54, 1.807) is 44.8 Å². The zero-order valence-corrected chi connectivity index (χ0v) is 11.5. The summed E-state index contributed by atoms with van der Waals surface area (Å²) in [6.07, 6.45) is 0.392. The van der Waals surface area contributed by atoms with Crippen molar-refractivity contribution in [2.24, 2.45) is 7.05 Å². The molecule has 2 rings (SSSR count). The molecule has 0 saturated carbocycles. The average molecular weight is 269 g/mol. The molecule has 0 spiro atoms. The first-order chi connectivity index (χ1) is 8.76. The molecule has 2 atom stereocenters. The molecule has 1 aliphatic rings. The largest absolute Gasteiger partial charge is 0.442 e. The first-order valence-electron chi connectivity index (χ1n) is 6.13. The number of ether oxygens (including phenoxy) is 1. The van der Waals surface area contributed by atoms with Crippen molar-refractivity contribution in [2.45, 2.75) is 45.1 Å². The molecule has 19 heavy (non-hydrogen) atoms. The van der Waals surface area contributed by atoms with E-state index < -0.39 is 24.0 Å². The van der Waals surface area contributed by atoms with E-state index in [1.165, 1.54) is 0 Å². The van der Waals surface area contributed by atoms with Crippen LogP contribution in [0.25, 0.3) is 0 Å². The molecule has 0 bridgehead atoms. The fourth-order valence-corrected chi connectivity index (χ4v) is 1.86. The molecule has 1 aromatic rings. The van der Waals surface area contributed by atoms with Crippen LogP contribution in [0.15, 0.2) is 12.3 Å². The van der Waals surface area contributed by atoms with Gasteiger partial charge < -0.3 is 9.84 Å². The molecule has 0 aliphatic carbocycles. The van der Waals surface area contributed by atoms with Crippen LogP contribution in [0.3, 0.4) is 0 Å². The number of amides is 1. The standard InChI is InChI=1S/C12H19N3O4/c1-12(2,3)18-11(17)15-9(7-10(16)19-15)8-5-6-14(4)13-8/h5-6,9-10,16H,7H2,1-4H3. The molecule has 0 aromatic carbocycles. The summed E-state index contributed by atoms with van der Waals surface area (Å²) in [4.78, 5) is 17.1. The second-order valence-corrected chi connectivity index (χ2v) is 5.53. The molecule has 2 unspecified atom stereocenters. The van der Waals surface area contributed by atoms with E-state index in [-0.39, 0.29) is 6.42 Å². The van der Waals surface area contributed by atoms with Crippen LogP contribution in [-0.2, 0) is 16.6 Å². The predicted octanol–water partition coefficient (Wildman–Crippen LogP) is 1.35. The molecule has 1 aromatic heterocycles. The molecule has 7 nitrogen and oxygen atoms in total. The predicted molar refractivity (Wildman–Crippen MR) is 65.7 cm³/mol. The smallest absolute Gasteiger partial charge is 0.435 e. The third-order valence-electron chi connectivity index (χ3n) is 2.59. The number of carbonyl (C=O) groups is 1. The van der Waals surface area contributed by atoms with E-state index in [2.05, 4.69) is 5.10 Å². The van der Waals surface area contributed by atoms with Gasteiger partial charge in [-0.3, -0.25) is 4.68 Å². The van der Waals surface area contributed by atoms with Gasteiger partial charge in [-0.15, -0.1) is 0 Å². The lowest BCUT2D eigenvalue weighted by Gasteiger charge is -2.26. The van der Waals surface area contributed by atoms with Gasteiger partial charge in [0.15, 0.2) is 6.29 Å². The maximum atomic E-state index is 12.0. The van der Waals surface area contributed by atoms with E-state index in [0.29, 0.717) is 5.69 Å². The van der Waals surface area contributed by atoms with E-state index in [4.69, 9.17) is 9.57 Å². The van der Waals surface area contributed by atoms with Crippen LogP contribution < -0.4 is 0 Å². The van der Waals surface area contributed by atoms with Gasteiger partial charge in [0.05, 0.1) is 5.69 Å². The van der Waals surface area contributed by atoms with Gasteiger partial charge >= 0.3 is 6.09 Å². The molecular formula is C12H19N3O4. The van der Waals surface area contributed by atoms with E-state index in [0.717, 1.165) is 5.06 Å². The van der Waals surface area contributed by atoms with Crippen LogP contribution in [0.1, 0.15) is 38.9 Å². The van der Waals surface area contributed by atoms with Crippen molar-refractivity contribution in [3.63, 3.8) is 0 Å². The highest BCUT2D eigenvalue weighted by Crippen LogP contribution is 2.33. The van der Waals surface area contributed by atoms with Gasteiger partial charge in [0.1, 0.15) is 11.6 Å². The normalized spacial score (nSPS) is 23.7. The number of aromatic nitrogens is 2. The highest BCUT2D eigenvalue weighted by atomic mass is 16.8. The summed E-state index contributed by atoms with van der Waals surface area (Å²) in [6.45, 7) is 5.31. The van der Waals surface area contributed by atoms with Crippen molar-refractivity contribution in [3.05, 3.63) is 18.0 Å². The maximum Gasteiger partial charge on any atom is 0.435 e. The lowest BCUT2D eigenvalue weighted by atomic mass is 10.1. The number of aliphatic hydroxyl groups is 1. The van der Waals surface area contributed by atoms with Crippen molar-refractivity contribution in [1.82, 2.24) is 14.8 Å². The van der Waals surface area contributed by atoms with Crippen LogP contribution in [0.2, 0.25) is 0 Å². The minimum atomic E-state index is -1.03. The summed E-state index contributed by atoms with van der Waals surface area (Å²) in [5, 5.41) is 14.9. The highest BCUT2D eigenvalue weighted by Gasteiger charge is 2.40. The minimum absolute atomic E-state index is 0.274. The summed E-state index contributed by atoms with van der Waals surface area (Å²) in [5.74, 6) is 0. The summed E-state index contributed by atoms with van der Waals surface area (Å²) >= 11 is 0. The van der Waals surface area contributed by atoms with Gasteiger partial charge in [-0.2, -0.15) is 10.2 Å². The zero-order chi connectivity index (χ0) is 14.2. The van der Waals surface area contributed by atoms with E-state index in [9.17, 15) is 9.90 Å². The molecule has 0 radical (unpaired) electrons. The maximum absolute atomic E-state index is 12.0. The number of hydrogen-bond acceptors (Lipinski definition) is 5. The first kappa shape index (κ1) is 13.8. The zero-order valence-electron chi connectivity index (χ0n) is 11.5. The summed E-state index contributed by atoms with van der Waals surface area (Å²) < 4.78 is 6.88. The Hall–Kier alpha value is -1.60. The fourth-order valence-electron chi connectivity index (χ4n) is 1.86. The Balaban J connectivity index is 2.16. The summed E-state index contributed by atoms with van der Waals surface area (Å²) in [7, 11) is 1.79. The van der Waals surface area contributed by atoms with Crippen molar-refractivity contribution in [2.75, 3.05) is 0 Å². The Labute approximate surface area is 111 Å². The number of carbonyl (C=O) groups excluding carboxylic acids is 1. The number of rotatable bonds is 1. The molecular weight excluding hydrogens is 250 g/mol. The van der Waals surface area contributed by atoms with Gasteiger partial charge in [0.25, 0.3) is 0 Å². The number of hydrogen-bond donors (Lipinski definition) is 1. The summed E-state index contributed by atoms with van der Waals surface area (Å²) in [5.41, 5.74) is 0.0350. The minimum Gasteiger partial charge on any atom is -0.442 e. The molecule has 1 N–H and O–H groups in total. The summed E-state index contributed by atoms with van der Waals surface area (Å²) in [6, 6.07) is 1.34. The lowest BCUT2D eigenvalue weighted by molar-refractivity contribution is -0.207. The Kier molecular flexibility index (Phi) is 3.51. The van der Waals surface area contributed by atoms with Gasteiger partial charge in [0.2, 0.25) is 0 Å². The van der Waals surface area contributed by atoms with Crippen molar-refractivity contribution < 1.29 is 19.5 Å². The second kappa shape index (κ2) is 4.82. The van der Waals surface area contributed by atoms with Crippen LogP contribution in [0.5, 0.6) is 0 Å². The molecule has 106 valence electrons. The number of aryl methyl sites for hydroxylation is 1. The lowest BCUT2D eigenvalue weighted by Crippen LogP contribution is -2.36. The number of nitrogens with zero attached hydrogens (tertiary/aromatic N) is 3. The van der Waals surface area contributed by atoms with E-state index >= 15 is 0 Å². The van der Waals surface area contributed by atoms with E-state index in [1.807, 2.05) is 0 Å². The molecule has 1 fully saturated rings. The third-order valence-corrected chi connectivity index (χ3v) is 2.59. The third kappa shape index (κ3) is 3.24.